The van der Waals surface area contributed by atoms with Gasteiger partial charge in [-0.1, -0.05) is 37.3 Å². The van der Waals surface area contributed by atoms with Crippen molar-refractivity contribution in [1.82, 2.24) is 10.2 Å². The smallest absolute Gasteiger partial charge is 0.226 e. The molecule has 1 aliphatic heterocycles. The molecule has 5 nitrogen and oxygen atoms in total. The number of primary amides is 1. The van der Waals surface area contributed by atoms with E-state index in [-0.39, 0.29) is 23.7 Å². The highest BCUT2D eigenvalue weighted by atomic mass is 16.2. The number of hydrogen-bond acceptors (Lipinski definition) is 3. The van der Waals surface area contributed by atoms with Crippen LogP contribution in [0.2, 0.25) is 0 Å². The van der Waals surface area contributed by atoms with E-state index in [1.807, 2.05) is 13.0 Å². The minimum absolute atomic E-state index is 0.0353. The summed E-state index contributed by atoms with van der Waals surface area (Å²) in [6.07, 6.45) is 1.87. The van der Waals surface area contributed by atoms with Gasteiger partial charge in [-0.05, 0) is 31.5 Å². The summed E-state index contributed by atoms with van der Waals surface area (Å²) in [7, 11) is 0. The van der Waals surface area contributed by atoms with Gasteiger partial charge in [0.2, 0.25) is 11.8 Å². The van der Waals surface area contributed by atoms with Gasteiger partial charge in [0.25, 0.3) is 0 Å². The lowest BCUT2D eigenvalue weighted by Gasteiger charge is -2.38. The molecule has 1 saturated heterocycles. The minimum atomic E-state index is -0.386. The number of amides is 2. The fraction of sp³-hybridized carbons (Fsp3) is 0.529. The van der Waals surface area contributed by atoms with Crippen LogP contribution in [0.4, 0.5) is 0 Å². The molecule has 22 heavy (non-hydrogen) atoms. The lowest BCUT2D eigenvalue weighted by atomic mass is 9.79. The van der Waals surface area contributed by atoms with Gasteiger partial charge in [-0.3, -0.25) is 14.5 Å². The maximum atomic E-state index is 12.3. The maximum absolute atomic E-state index is 12.3. The largest absolute Gasteiger partial charge is 0.370 e. The van der Waals surface area contributed by atoms with Crippen LogP contribution in [0.5, 0.6) is 0 Å². The normalized spacial score (nSPS) is 17.9. The fourth-order valence-electron chi connectivity index (χ4n) is 2.79. The van der Waals surface area contributed by atoms with Crippen LogP contribution >= 0.6 is 0 Å². The van der Waals surface area contributed by atoms with E-state index < -0.39 is 0 Å². The number of benzene rings is 1. The third-order valence-corrected chi connectivity index (χ3v) is 4.41. The van der Waals surface area contributed by atoms with Crippen LogP contribution in [-0.4, -0.2) is 36.3 Å². The number of hydrogen-bond donors (Lipinski definition) is 2. The number of likely N-dealkylation sites (tertiary alicyclic amines) is 1. The second-order valence-corrected chi connectivity index (χ2v) is 6.29. The van der Waals surface area contributed by atoms with E-state index in [1.165, 1.54) is 5.56 Å². The van der Waals surface area contributed by atoms with Crippen molar-refractivity contribution in [3.63, 3.8) is 0 Å². The average molecular weight is 303 g/mol. The number of nitrogens with two attached hydrogens (primary N) is 1. The first-order valence-electron chi connectivity index (χ1n) is 7.82. The molecule has 5 heteroatoms. The first-order valence-corrected chi connectivity index (χ1v) is 7.82. The average Bonchev–Trinajstić information content (AvgIpc) is 2.50. The molecule has 0 spiro atoms. The van der Waals surface area contributed by atoms with Gasteiger partial charge in [0.05, 0.1) is 0 Å². The molecule has 0 radical (unpaired) electrons. The number of carbonyl (C=O) groups is 2. The molecule has 1 aromatic rings. The second kappa shape index (κ2) is 7.40. The SMILES string of the molecule is CC1(C(=O)NCCC(N)=O)CCN(Cc2ccccc2)CC1. The zero-order valence-corrected chi connectivity index (χ0v) is 13.2. The lowest BCUT2D eigenvalue weighted by Crippen LogP contribution is -2.47. The van der Waals surface area contributed by atoms with Gasteiger partial charge >= 0.3 is 0 Å². The predicted molar refractivity (Wildman–Crippen MR) is 85.9 cm³/mol. The van der Waals surface area contributed by atoms with E-state index in [9.17, 15) is 9.59 Å². The lowest BCUT2D eigenvalue weighted by molar-refractivity contribution is -0.132. The van der Waals surface area contributed by atoms with Crippen LogP contribution in [-0.2, 0) is 16.1 Å². The summed E-state index contributed by atoms with van der Waals surface area (Å²) in [5.74, 6) is -0.351. The Morgan fingerprint density at radius 1 is 1.23 bits per heavy atom. The molecule has 0 atom stereocenters. The first-order chi connectivity index (χ1) is 10.5. The van der Waals surface area contributed by atoms with E-state index in [0.29, 0.717) is 6.54 Å². The summed E-state index contributed by atoms with van der Waals surface area (Å²) in [5, 5.41) is 2.83. The summed E-state index contributed by atoms with van der Waals surface area (Å²) in [6.45, 7) is 5.09. The third kappa shape index (κ3) is 4.56. The van der Waals surface area contributed by atoms with E-state index in [1.54, 1.807) is 0 Å². The topological polar surface area (TPSA) is 75.4 Å². The Morgan fingerprint density at radius 2 is 1.86 bits per heavy atom. The summed E-state index contributed by atoms with van der Waals surface area (Å²) >= 11 is 0. The van der Waals surface area contributed by atoms with Crippen molar-refractivity contribution in [2.45, 2.75) is 32.7 Å². The Balaban J connectivity index is 1.79. The Bertz CT molecular complexity index is 508. The van der Waals surface area contributed by atoms with Crippen molar-refractivity contribution in [2.24, 2.45) is 11.1 Å². The van der Waals surface area contributed by atoms with Crippen LogP contribution in [0.1, 0.15) is 31.7 Å². The Hall–Kier alpha value is -1.88. The molecule has 2 amide bonds. The molecular formula is C17H25N3O2. The minimum Gasteiger partial charge on any atom is -0.370 e. The summed E-state index contributed by atoms with van der Waals surface area (Å²) < 4.78 is 0. The van der Waals surface area contributed by atoms with Crippen molar-refractivity contribution in [2.75, 3.05) is 19.6 Å². The molecule has 1 aromatic carbocycles. The molecule has 0 aromatic heterocycles. The number of nitrogens with zero attached hydrogens (tertiary/aromatic N) is 1. The Morgan fingerprint density at radius 3 is 2.45 bits per heavy atom. The van der Waals surface area contributed by atoms with E-state index in [4.69, 9.17) is 5.73 Å². The van der Waals surface area contributed by atoms with Crippen LogP contribution in [0, 0.1) is 5.41 Å². The van der Waals surface area contributed by atoms with Crippen molar-refractivity contribution >= 4 is 11.8 Å². The zero-order chi connectivity index (χ0) is 16.0. The van der Waals surface area contributed by atoms with Crippen molar-refractivity contribution < 1.29 is 9.59 Å². The van der Waals surface area contributed by atoms with Crippen molar-refractivity contribution in [1.29, 1.82) is 0 Å². The first kappa shape index (κ1) is 16.5. The Kier molecular flexibility index (Phi) is 5.55. The molecule has 0 bridgehead atoms. The van der Waals surface area contributed by atoms with Gasteiger partial charge in [0, 0.05) is 24.9 Å². The van der Waals surface area contributed by atoms with Crippen LogP contribution in [0.15, 0.2) is 30.3 Å². The third-order valence-electron chi connectivity index (χ3n) is 4.41. The molecule has 1 fully saturated rings. The number of carbonyl (C=O) groups excluding carboxylic acids is 2. The molecule has 120 valence electrons. The van der Waals surface area contributed by atoms with E-state index in [0.717, 1.165) is 32.5 Å². The monoisotopic (exact) mass is 303 g/mol. The van der Waals surface area contributed by atoms with Crippen molar-refractivity contribution in [3.8, 4) is 0 Å². The molecule has 0 saturated carbocycles. The van der Waals surface area contributed by atoms with E-state index >= 15 is 0 Å². The van der Waals surface area contributed by atoms with Crippen LogP contribution in [0.25, 0.3) is 0 Å². The number of rotatable bonds is 6. The predicted octanol–water partition coefficient (Wildman–Crippen LogP) is 1.28. The molecule has 2 rings (SSSR count). The van der Waals surface area contributed by atoms with Gasteiger partial charge in [0.15, 0.2) is 0 Å². The highest BCUT2D eigenvalue weighted by Gasteiger charge is 2.36. The molecule has 1 heterocycles. The van der Waals surface area contributed by atoms with E-state index in [2.05, 4.69) is 34.5 Å². The standard InChI is InChI=1S/C17H25N3O2/c1-17(16(22)19-10-7-15(18)21)8-11-20(12-9-17)13-14-5-3-2-4-6-14/h2-6H,7-13H2,1H3,(H2,18,21)(H,19,22). The van der Waals surface area contributed by atoms with Gasteiger partial charge < -0.3 is 11.1 Å². The molecule has 0 unspecified atom stereocenters. The quantitative estimate of drug-likeness (QED) is 0.831. The number of piperidine rings is 1. The summed E-state index contributed by atoms with van der Waals surface area (Å²) in [6, 6.07) is 10.4. The second-order valence-electron chi connectivity index (χ2n) is 6.29. The molecule has 3 N–H and O–H groups in total. The summed E-state index contributed by atoms with van der Waals surface area (Å²) in [5.41, 5.74) is 6.05. The van der Waals surface area contributed by atoms with Gasteiger partial charge in [-0.25, -0.2) is 0 Å². The fourth-order valence-corrected chi connectivity index (χ4v) is 2.79. The van der Waals surface area contributed by atoms with Gasteiger partial charge in [-0.2, -0.15) is 0 Å². The molecule has 0 aliphatic carbocycles. The highest BCUT2D eigenvalue weighted by molar-refractivity contribution is 5.83. The molecular weight excluding hydrogens is 278 g/mol. The Labute approximate surface area is 131 Å². The highest BCUT2D eigenvalue weighted by Crippen LogP contribution is 2.31. The summed E-state index contributed by atoms with van der Waals surface area (Å²) in [4.78, 5) is 25.4. The maximum Gasteiger partial charge on any atom is 0.226 e. The zero-order valence-electron chi connectivity index (χ0n) is 13.2. The van der Waals surface area contributed by atoms with Crippen LogP contribution in [0.3, 0.4) is 0 Å². The van der Waals surface area contributed by atoms with Gasteiger partial charge in [-0.15, -0.1) is 0 Å². The van der Waals surface area contributed by atoms with Gasteiger partial charge in [0.1, 0.15) is 0 Å². The van der Waals surface area contributed by atoms with Crippen LogP contribution < -0.4 is 11.1 Å². The number of nitrogens with one attached hydrogen (secondary N) is 1. The van der Waals surface area contributed by atoms with Crippen molar-refractivity contribution in [3.05, 3.63) is 35.9 Å². The molecule has 1 aliphatic rings.